The Kier molecular flexibility index (Phi) is 6.76. The molecular weight excluding hydrogens is 448 g/mol. The molecule has 5 rings (SSSR count). The molecule has 0 spiro atoms. The van der Waals surface area contributed by atoms with Crippen molar-refractivity contribution in [1.82, 2.24) is 0 Å². The Morgan fingerprint density at radius 2 is 1.78 bits per heavy atom. The SMILES string of the molecule is C=C1C(=CC=C2CCC[C@]3(C)[C@@H]([C@H](C)C=C[C@@H](O)C4(c5ccc(C)o5)CC4)CC[C@@H]23)CCCC1(O)O. The maximum atomic E-state index is 11.1. The number of allylic oxidation sites excluding steroid dienone is 4. The van der Waals surface area contributed by atoms with Crippen molar-refractivity contribution in [3.8, 4) is 0 Å². The van der Waals surface area contributed by atoms with Crippen LogP contribution >= 0.6 is 0 Å². The molecule has 1 aromatic heterocycles. The molecule has 5 atom stereocenters. The van der Waals surface area contributed by atoms with Gasteiger partial charge in [0.25, 0.3) is 0 Å². The molecule has 0 saturated heterocycles. The fourth-order valence-electron chi connectivity index (χ4n) is 7.74. The summed E-state index contributed by atoms with van der Waals surface area (Å²) in [5.74, 6) is 1.64. The molecule has 0 aliphatic heterocycles. The van der Waals surface area contributed by atoms with Gasteiger partial charge in [0.05, 0.1) is 11.5 Å². The first-order valence-corrected chi connectivity index (χ1v) is 14.0. The van der Waals surface area contributed by atoms with Crippen molar-refractivity contribution in [2.45, 2.75) is 102 Å². The summed E-state index contributed by atoms with van der Waals surface area (Å²) in [4.78, 5) is 0. The number of rotatable bonds is 6. The van der Waals surface area contributed by atoms with Crippen LogP contribution in [0.15, 0.2) is 64.2 Å². The molecular formula is C32H44O4. The summed E-state index contributed by atoms with van der Waals surface area (Å²) in [6.45, 7) is 10.7. The largest absolute Gasteiger partial charge is 0.466 e. The lowest BCUT2D eigenvalue weighted by Crippen LogP contribution is -2.35. The molecule has 4 aliphatic rings. The lowest BCUT2D eigenvalue weighted by atomic mass is 9.61. The van der Waals surface area contributed by atoms with Crippen LogP contribution in [0.3, 0.4) is 0 Å². The lowest BCUT2D eigenvalue weighted by Gasteiger charge is -2.44. The summed E-state index contributed by atoms with van der Waals surface area (Å²) in [6, 6.07) is 4.02. The number of hydrogen-bond acceptors (Lipinski definition) is 4. The highest BCUT2D eigenvalue weighted by Gasteiger charge is 2.53. The summed E-state index contributed by atoms with van der Waals surface area (Å²) in [5.41, 5.74) is 2.98. The van der Waals surface area contributed by atoms with E-state index in [9.17, 15) is 15.3 Å². The number of furan rings is 1. The molecule has 1 aromatic rings. The maximum absolute atomic E-state index is 11.1. The van der Waals surface area contributed by atoms with Crippen molar-refractivity contribution < 1.29 is 19.7 Å². The fourth-order valence-corrected chi connectivity index (χ4v) is 7.74. The van der Waals surface area contributed by atoms with Crippen LogP contribution in [0, 0.1) is 30.1 Å². The smallest absolute Gasteiger partial charge is 0.189 e. The van der Waals surface area contributed by atoms with Gasteiger partial charge in [0, 0.05) is 12.0 Å². The van der Waals surface area contributed by atoms with E-state index in [0.29, 0.717) is 29.7 Å². The summed E-state index contributed by atoms with van der Waals surface area (Å²) in [7, 11) is 0. The van der Waals surface area contributed by atoms with E-state index in [1.165, 1.54) is 31.3 Å². The van der Waals surface area contributed by atoms with Crippen LogP contribution in [0.4, 0.5) is 0 Å². The quantitative estimate of drug-likeness (QED) is 0.306. The molecule has 36 heavy (non-hydrogen) atoms. The molecule has 0 unspecified atom stereocenters. The van der Waals surface area contributed by atoms with Gasteiger partial charge in [-0.15, -0.1) is 0 Å². The fraction of sp³-hybridized carbons (Fsp3) is 0.625. The third-order valence-electron chi connectivity index (χ3n) is 10.2. The number of aryl methyl sites for hydroxylation is 1. The molecule has 4 nitrogen and oxygen atoms in total. The highest BCUT2D eigenvalue weighted by molar-refractivity contribution is 5.39. The summed E-state index contributed by atoms with van der Waals surface area (Å²) in [6.07, 6.45) is 18.1. The van der Waals surface area contributed by atoms with Crippen LogP contribution in [-0.2, 0) is 5.41 Å². The lowest BCUT2D eigenvalue weighted by molar-refractivity contribution is -0.136. The molecule has 1 heterocycles. The van der Waals surface area contributed by atoms with Gasteiger partial charge in [0.1, 0.15) is 11.5 Å². The summed E-state index contributed by atoms with van der Waals surface area (Å²) < 4.78 is 5.88. The summed E-state index contributed by atoms with van der Waals surface area (Å²) in [5, 5.41) is 31.5. The van der Waals surface area contributed by atoms with Crippen LogP contribution in [0.2, 0.25) is 0 Å². The first-order valence-electron chi connectivity index (χ1n) is 14.0. The standard InChI is InChI=1S/C32H44O4/c1-21(9-15-28(33)31(19-20-31)29-16-10-22(2)36-29)26-13-14-27-25(8-5-17-30(26,27)4)12-11-24-7-6-18-32(34,35)23(24)3/h9-12,15-16,21,26-28,33-35H,3,5-8,13-14,17-20H2,1-2,4H3/t21-,26-,27+,28-,30-/m1/s1. The molecule has 196 valence electrons. The van der Waals surface area contributed by atoms with Gasteiger partial charge in [0.2, 0.25) is 0 Å². The minimum atomic E-state index is -1.76. The second-order valence-electron chi connectivity index (χ2n) is 12.4. The highest BCUT2D eigenvalue weighted by Crippen LogP contribution is 2.60. The Morgan fingerprint density at radius 1 is 1.03 bits per heavy atom. The van der Waals surface area contributed by atoms with Gasteiger partial charge in [-0.05, 0) is 106 Å². The normalized spacial score (nSPS) is 35.3. The number of hydrogen-bond donors (Lipinski definition) is 3. The average Bonchev–Trinajstić information content (AvgIpc) is 3.40. The van der Waals surface area contributed by atoms with Crippen LogP contribution in [0.25, 0.3) is 0 Å². The van der Waals surface area contributed by atoms with Gasteiger partial charge < -0.3 is 19.7 Å². The Balaban J connectivity index is 1.29. The van der Waals surface area contributed by atoms with Crippen molar-refractivity contribution in [3.63, 3.8) is 0 Å². The Morgan fingerprint density at radius 3 is 2.47 bits per heavy atom. The van der Waals surface area contributed by atoms with E-state index in [1.54, 1.807) is 0 Å². The third-order valence-corrected chi connectivity index (χ3v) is 10.2. The molecule has 4 heteroatoms. The third kappa shape index (κ3) is 4.50. The summed E-state index contributed by atoms with van der Waals surface area (Å²) >= 11 is 0. The van der Waals surface area contributed by atoms with Gasteiger partial charge >= 0.3 is 0 Å². The zero-order chi connectivity index (χ0) is 25.7. The van der Waals surface area contributed by atoms with E-state index < -0.39 is 11.9 Å². The molecule has 0 aromatic carbocycles. The Bertz CT molecular complexity index is 1080. The predicted octanol–water partition coefficient (Wildman–Crippen LogP) is 6.66. The van der Waals surface area contributed by atoms with Crippen LogP contribution in [0.5, 0.6) is 0 Å². The van der Waals surface area contributed by atoms with Crippen LogP contribution in [0.1, 0.15) is 89.6 Å². The highest BCUT2D eigenvalue weighted by atomic mass is 16.5. The van der Waals surface area contributed by atoms with Gasteiger partial charge in [-0.3, -0.25) is 0 Å². The minimum absolute atomic E-state index is 0.231. The second kappa shape index (κ2) is 9.45. The zero-order valence-electron chi connectivity index (χ0n) is 22.3. The van der Waals surface area contributed by atoms with Crippen molar-refractivity contribution in [1.29, 1.82) is 0 Å². The van der Waals surface area contributed by atoms with E-state index in [4.69, 9.17) is 4.42 Å². The van der Waals surface area contributed by atoms with Gasteiger partial charge in [0.15, 0.2) is 5.79 Å². The van der Waals surface area contributed by atoms with Crippen LogP contribution in [-0.4, -0.2) is 27.2 Å². The molecule has 4 saturated carbocycles. The average molecular weight is 493 g/mol. The van der Waals surface area contributed by atoms with E-state index >= 15 is 0 Å². The van der Waals surface area contributed by atoms with Crippen molar-refractivity contribution >= 4 is 0 Å². The molecule has 3 N–H and O–H groups in total. The first kappa shape index (κ1) is 25.8. The number of aliphatic hydroxyl groups excluding tert-OH is 1. The Hall–Kier alpha value is -1.88. The van der Waals surface area contributed by atoms with Gasteiger partial charge in [-0.25, -0.2) is 0 Å². The minimum Gasteiger partial charge on any atom is -0.466 e. The van der Waals surface area contributed by atoms with Crippen molar-refractivity contribution in [2.75, 3.05) is 0 Å². The monoisotopic (exact) mass is 492 g/mol. The van der Waals surface area contributed by atoms with Gasteiger partial charge in [-0.1, -0.05) is 50.3 Å². The number of fused-ring (bicyclic) bond motifs is 1. The van der Waals surface area contributed by atoms with Crippen LogP contribution < -0.4 is 0 Å². The van der Waals surface area contributed by atoms with Crippen molar-refractivity contribution in [3.05, 3.63) is 71.3 Å². The van der Waals surface area contributed by atoms with E-state index in [1.807, 2.05) is 25.1 Å². The predicted molar refractivity (Wildman–Crippen MR) is 143 cm³/mol. The second-order valence-corrected chi connectivity index (χ2v) is 12.4. The molecule has 4 fully saturated rings. The first-order chi connectivity index (χ1) is 17.1. The van der Waals surface area contributed by atoms with E-state index in [0.717, 1.165) is 49.2 Å². The maximum Gasteiger partial charge on any atom is 0.189 e. The molecule has 0 radical (unpaired) electrons. The molecule has 0 bridgehead atoms. The van der Waals surface area contributed by atoms with E-state index in [-0.39, 0.29) is 10.8 Å². The van der Waals surface area contributed by atoms with Crippen molar-refractivity contribution in [2.24, 2.45) is 23.2 Å². The van der Waals surface area contributed by atoms with Gasteiger partial charge in [-0.2, -0.15) is 0 Å². The molecule has 4 aliphatic carbocycles. The Labute approximate surface area is 216 Å². The molecule has 0 amide bonds. The van der Waals surface area contributed by atoms with E-state index in [2.05, 4.69) is 38.7 Å². The zero-order valence-corrected chi connectivity index (χ0v) is 22.3. The number of aliphatic hydroxyl groups is 3. The topological polar surface area (TPSA) is 73.8 Å².